The molecule has 1 amide bonds. The maximum absolute atomic E-state index is 12.6. The summed E-state index contributed by atoms with van der Waals surface area (Å²) in [7, 11) is 0. The lowest BCUT2D eigenvalue weighted by atomic mass is 10.2. The average Bonchev–Trinajstić information content (AvgIpc) is 3.48. The molecular formula is C23H26N4O4S. The van der Waals surface area contributed by atoms with Crippen LogP contribution >= 0.6 is 11.3 Å². The predicted octanol–water partition coefficient (Wildman–Crippen LogP) is 3.34. The van der Waals surface area contributed by atoms with Gasteiger partial charge in [-0.3, -0.25) is 14.6 Å². The number of furan rings is 1. The molecule has 0 bridgehead atoms. The van der Waals surface area contributed by atoms with Gasteiger partial charge in [0.1, 0.15) is 10.7 Å². The minimum atomic E-state index is -0.436. The van der Waals surface area contributed by atoms with Crippen LogP contribution in [-0.2, 0) is 16.1 Å². The van der Waals surface area contributed by atoms with Gasteiger partial charge < -0.3 is 14.5 Å². The minimum Gasteiger partial charge on any atom is -0.463 e. The Kier molecular flexibility index (Phi) is 7.31. The van der Waals surface area contributed by atoms with E-state index in [1.165, 1.54) is 0 Å². The van der Waals surface area contributed by atoms with E-state index in [0.29, 0.717) is 11.3 Å². The first-order valence-corrected chi connectivity index (χ1v) is 11.5. The lowest BCUT2D eigenvalue weighted by molar-refractivity contribution is -0.117. The Bertz CT molecular complexity index is 1040. The van der Waals surface area contributed by atoms with E-state index in [1.807, 2.05) is 17.5 Å². The summed E-state index contributed by atoms with van der Waals surface area (Å²) in [5, 5.41) is 5.92. The van der Waals surface area contributed by atoms with E-state index in [9.17, 15) is 9.59 Å². The summed E-state index contributed by atoms with van der Waals surface area (Å²) in [6, 6.07) is 10.7. The molecule has 0 radical (unpaired) electrons. The third kappa shape index (κ3) is 5.61. The highest BCUT2D eigenvalue weighted by atomic mass is 32.1. The first kappa shape index (κ1) is 22.2. The molecule has 1 N–H and O–H groups in total. The molecule has 1 aliphatic heterocycles. The fourth-order valence-electron chi connectivity index (χ4n) is 3.59. The summed E-state index contributed by atoms with van der Waals surface area (Å²) < 4.78 is 10.5. The number of esters is 1. The molecule has 168 valence electrons. The second-order valence-corrected chi connectivity index (χ2v) is 8.41. The normalized spacial score (nSPS) is 14.9. The fourth-order valence-corrected chi connectivity index (χ4v) is 4.41. The Morgan fingerprint density at radius 1 is 1.12 bits per heavy atom. The molecule has 0 unspecified atom stereocenters. The number of anilines is 1. The number of para-hydroxylation sites is 1. The quantitative estimate of drug-likeness (QED) is 0.522. The zero-order valence-corrected chi connectivity index (χ0v) is 18.8. The number of thiazole rings is 1. The average molecular weight is 455 g/mol. The lowest BCUT2D eigenvalue weighted by Crippen LogP contribution is -2.48. The summed E-state index contributed by atoms with van der Waals surface area (Å²) in [6.45, 7) is 6.43. The number of amides is 1. The SMILES string of the molecule is CCOC(=O)c1ccccc1NC(=O)CN1CCN(Cc2nc(-c3ccco3)cs2)CC1. The summed E-state index contributed by atoms with van der Waals surface area (Å²) >= 11 is 1.63. The molecule has 0 aliphatic carbocycles. The van der Waals surface area contributed by atoms with Gasteiger partial charge in [-0.05, 0) is 31.2 Å². The number of hydrogen-bond acceptors (Lipinski definition) is 8. The van der Waals surface area contributed by atoms with Crippen LogP contribution in [-0.4, -0.2) is 66.0 Å². The van der Waals surface area contributed by atoms with Crippen molar-refractivity contribution in [2.45, 2.75) is 13.5 Å². The van der Waals surface area contributed by atoms with Crippen molar-refractivity contribution >= 4 is 28.9 Å². The third-order valence-electron chi connectivity index (χ3n) is 5.21. The minimum absolute atomic E-state index is 0.141. The van der Waals surface area contributed by atoms with Crippen LogP contribution in [0.25, 0.3) is 11.5 Å². The first-order chi connectivity index (χ1) is 15.6. The first-order valence-electron chi connectivity index (χ1n) is 10.6. The van der Waals surface area contributed by atoms with E-state index < -0.39 is 5.97 Å². The van der Waals surface area contributed by atoms with Crippen LogP contribution in [0.2, 0.25) is 0 Å². The molecular weight excluding hydrogens is 428 g/mol. The summed E-state index contributed by atoms with van der Waals surface area (Å²) in [6.07, 6.45) is 1.65. The number of nitrogens with one attached hydrogen (secondary N) is 1. The molecule has 1 aromatic carbocycles. The number of hydrogen-bond donors (Lipinski definition) is 1. The molecule has 32 heavy (non-hydrogen) atoms. The van der Waals surface area contributed by atoms with Crippen molar-refractivity contribution in [2.24, 2.45) is 0 Å². The molecule has 3 aromatic rings. The summed E-state index contributed by atoms with van der Waals surface area (Å²) in [5.41, 5.74) is 1.71. The van der Waals surface area contributed by atoms with Gasteiger partial charge in [-0.15, -0.1) is 11.3 Å². The number of aromatic nitrogens is 1. The van der Waals surface area contributed by atoms with Crippen molar-refractivity contribution in [3.8, 4) is 11.5 Å². The Morgan fingerprint density at radius 3 is 2.66 bits per heavy atom. The molecule has 9 heteroatoms. The van der Waals surface area contributed by atoms with Gasteiger partial charge in [-0.25, -0.2) is 9.78 Å². The van der Waals surface area contributed by atoms with Gasteiger partial charge in [0.25, 0.3) is 0 Å². The molecule has 1 aliphatic rings. The van der Waals surface area contributed by atoms with Crippen LogP contribution in [0.4, 0.5) is 5.69 Å². The van der Waals surface area contributed by atoms with Crippen molar-refractivity contribution in [2.75, 3.05) is 44.6 Å². The second kappa shape index (κ2) is 10.5. The topological polar surface area (TPSA) is 87.9 Å². The maximum Gasteiger partial charge on any atom is 0.340 e. The van der Waals surface area contributed by atoms with E-state index in [4.69, 9.17) is 9.15 Å². The van der Waals surface area contributed by atoms with Crippen LogP contribution < -0.4 is 5.32 Å². The Hall–Kier alpha value is -3.01. The van der Waals surface area contributed by atoms with Crippen LogP contribution in [0.15, 0.2) is 52.5 Å². The highest BCUT2D eigenvalue weighted by molar-refractivity contribution is 7.09. The monoisotopic (exact) mass is 454 g/mol. The van der Waals surface area contributed by atoms with Gasteiger partial charge in [-0.2, -0.15) is 0 Å². The van der Waals surface area contributed by atoms with E-state index >= 15 is 0 Å². The van der Waals surface area contributed by atoms with Crippen LogP contribution in [0.1, 0.15) is 22.3 Å². The molecule has 3 heterocycles. The van der Waals surface area contributed by atoms with Gasteiger partial charge in [0.2, 0.25) is 5.91 Å². The smallest absolute Gasteiger partial charge is 0.340 e. The number of ether oxygens (including phenoxy) is 1. The van der Waals surface area contributed by atoms with Gasteiger partial charge in [-0.1, -0.05) is 12.1 Å². The van der Waals surface area contributed by atoms with E-state index in [1.54, 1.807) is 48.8 Å². The van der Waals surface area contributed by atoms with Gasteiger partial charge in [0.05, 0.1) is 37.2 Å². The Balaban J connectivity index is 1.25. The molecule has 0 atom stereocenters. The highest BCUT2D eigenvalue weighted by Crippen LogP contribution is 2.23. The molecule has 1 fully saturated rings. The Labute approximate surface area is 190 Å². The molecule has 4 rings (SSSR count). The number of rotatable bonds is 8. The van der Waals surface area contributed by atoms with Crippen molar-refractivity contribution in [3.63, 3.8) is 0 Å². The zero-order valence-electron chi connectivity index (χ0n) is 18.0. The van der Waals surface area contributed by atoms with Crippen molar-refractivity contribution in [3.05, 3.63) is 58.6 Å². The standard InChI is InChI=1S/C23H26N4O4S/c1-2-30-23(29)17-6-3-4-7-18(17)24-21(28)14-26-9-11-27(12-10-26)15-22-25-19(16-32-22)20-8-5-13-31-20/h3-8,13,16H,2,9-12,14-15H2,1H3,(H,24,28). The molecule has 0 spiro atoms. The highest BCUT2D eigenvalue weighted by Gasteiger charge is 2.21. The zero-order chi connectivity index (χ0) is 22.3. The van der Waals surface area contributed by atoms with E-state index in [-0.39, 0.29) is 19.1 Å². The summed E-state index contributed by atoms with van der Waals surface area (Å²) in [5.74, 6) is 0.209. The lowest BCUT2D eigenvalue weighted by Gasteiger charge is -2.33. The van der Waals surface area contributed by atoms with Crippen LogP contribution in [0.5, 0.6) is 0 Å². The van der Waals surface area contributed by atoms with Gasteiger partial charge in [0.15, 0.2) is 5.76 Å². The Morgan fingerprint density at radius 2 is 1.91 bits per heavy atom. The maximum atomic E-state index is 12.6. The van der Waals surface area contributed by atoms with Gasteiger partial charge in [0, 0.05) is 31.6 Å². The number of carbonyl (C=O) groups is 2. The number of piperazine rings is 1. The summed E-state index contributed by atoms with van der Waals surface area (Å²) in [4.78, 5) is 33.8. The second-order valence-electron chi connectivity index (χ2n) is 7.47. The van der Waals surface area contributed by atoms with Crippen LogP contribution in [0.3, 0.4) is 0 Å². The fraction of sp³-hybridized carbons (Fsp3) is 0.348. The van der Waals surface area contributed by atoms with Crippen molar-refractivity contribution in [1.82, 2.24) is 14.8 Å². The molecule has 0 saturated carbocycles. The number of benzene rings is 1. The number of nitrogens with zero attached hydrogens (tertiary/aromatic N) is 3. The van der Waals surface area contributed by atoms with Gasteiger partial charge >= 0.3 is 5.97 Å². The van der Waals surface area contributed by atoms with Crippen LogP contribution in [0, 0.1) is 0 Å². The third-order valence-corrected chi connectivity index (χ3v) is 6.05. The van der Waals surface area contributed by atoms with Crippen molar-refractivity contribution in [1.29, 1.82) is 0 Å². The van der Waals surface area contributed by atoms with E-state index in [0.717, 1.165) is 49.2 Å². The molecule has 2 aromatic heterocycles. The van der Waals surface area contributed by atoms with Crippen molar-refractivity contribution < 1.29 is 18.7 Å². The molecule has 1 saturated heterocycles. The number of carbonyl (C=O) groups excluding carboxylic acids is 2. The predicted molar refractivity (Wildman–Crippen MR) is 123 cm³/mol. The largest absolute Gasteiger partial charge is 0.463 e. The molecule has 8 nitrogen and oxygen atoms in total. The van der Waals surface area contributed by atoms with E-state index in [2.05, 4.69) is 20.1 Å².